The topological polar surface area (TPSA) is 100 Å². The number of esters is 2. The SMILES string of the molecule is C=CN(CCCSC(=O)N(CC(=O)OC/C=C\CCCCCC)CC(=O)OC(CCCCCCC)CCCCCCCC)C(C)=N. The maximum Gasteiger partial charge on any atom is 0.326 e. The zero-order valence-corrected chi connectivity index (χ0v) is 30.6. The number of unbranched alkanes of at least 4 members (excludes halogenated alkanes) is 13. The third-order valence-corrected chi connectivity index (χ3v) is 8.86. The van der Waals surface area contributed by atoms with Gasteiger partial charge in [-0.1, -0.05) is 128 Å². The molecule has 0 spiro atoms. The fraction of sp³-hybridized carbons (Fsp3) is 0.784. The van der Waals surface area contributed by atoms with Crippen LogP contribution in [0.15, 0.2) is 24.9 Å². The number of rotatable bonds is 30. The van der Waals surface area contributed by atoms with Crippen LogP contribution in [-0.2, 0) is 19.1 Å². The minimum Gasteiger partial charge on any atom is -0.461 e. The van der Waals surface area contributed by atoms with E-state index >= 15 is 0 Å². The van der Waals surface area contributed by atoms with Crippen molar-refractivity contribution in [3.63, 3.8) is 0 Å². The number of ether oxygens (including phenoxy) is 2. The Morgan fingerprint density at radius 3 is 1.87 bits per heavy atom. The molecule has 0 aromatic rings. The van der Waals surface area contributed by atoms with Gasteiger partial charge in [-0.25, -0.2) is 0 Å². The Bertz CT molecular complexity index is 851. The zero-order chi connectivity index (χ0) is 34.3. The minimum absolute atomic E-state index is 0.144. The van der Waals surface area contributed by atoms with Gasteiger partial charge in [-0.15, -0.1) is 0 Å². The third-order valence-electron chi connectivity index (χ3n) is 7.86. The highest BCUT2D eigenvalue weighted by Crippen LogP contribution is 2.18. The summed E-state index contributed by atoms with van der Waals surface area (Å²) < 4.78 is 11.3. The summed E-state index contributed by atoms with van der Waals surface area (Å²) in [6.07, 6.45) is 26.0. The summed E-state index contributed by atoms with van der Waals surface area (Å²) in [6, 6.07) is 0. The van der Waals surface area contributed by atoms with Crippen LogP contribution in [0.5, 0.6) is 0 Å². The maximum atomic E-state index is 13.2. The van der Waals surface area contributed by atoms with Gasteiger partial charge in [0.1, 0.15) is 25.8 Å². The molecule has 0 aliphatic rings. The van der Waals surface area contributed by atoms with Gasteiger partial charge >= 0.3 is 11.9 Å². The summed E-state index contributed by atoms with van der Waals surface area (Å²) >= 11 is 1.06. The quantitative estimate of drug-likeness (QED) is 0.0268. The predicted molar refractivity (Wildman–Crippen MR) is 194 cm³/mol. The van der Waals surface area contributed by atoms with E-state index in [4.69, 9.17) is 14.9 Å². The van der Waals surface area contributed by atoms with Crippen molar-refractivity contribution in [3.05, 3.63) is 24.9 Å². The minimum atomic E-state index is -0.547. The first-order chi connectivity index (χ1) is 22.3. The molecular weight excluding hydrogens is 598 g/mol. The molecule has 0 heterocycles. The van der Waals surface area contributed by atoms with Crippen LogP contribution >= 0.6 is 11.8 Å². The van der Waals surface area contributed by atoms with Gasteiger partial charge in [0, 0.05) is 12.3 Å². The van der Waals surface area contributed by atoms with Crippen molar-refractivity contribution in [2.24, 2.45) is 0 Å². The van der Waals surface area contributed by atoms with Crippen LogP contribution in [0.25, 0.3) is 0 Å². The summed E-state index contributed by atoms with van der Waals surface area (Å²) in [6.45, 7) is 12.1. The number of hydrogen-bond donors (Lipinski definition) is 1. The number of nitrogens with one attached hydrogen (secondary N) is 1. The Morgan fingerprint density at radius 2 is 1.30 bits per heavy atom. The Hall–Kier alpha value is -2.29. The van der Waals surface area contributed by atoms with Crippen LogP contribution in [0.3, 0.4) is 0 Å². The van der Waals surface area contributed by atoms with E-state index in [0.29, 0.717) is 24.6 Å². The molecule has 8 nitrogen and oxygen atoms in total. The van der Waals surface area contributed by atoms with Crippen LogP contribution in [0, 0.1) is 5.41 Å². The molecule has 0 aliphatic carbocycles. The second-order valence-electron chi connectivity index (χ2n) is 12.2. The number of amidine groups is 1. The van der Waals surface area contributed by atoms with Crippen molar-refractivity contribution >= 4 is 34.8 Å². The predicted octanol–water partition coefficient (Wildman–Crippen LogP) is 10.1. The highest BCUT2D eigenvalue weighted by Gasteiger charge is 2.24. The number of hydrogen-bond acceptors (Lipinski definition) is 7. The summed E-state index contributed by atoms with van der Waals surface area (Å²) in [7, 11) is 0. The molecule has 1 atom stereocenters. The van der Waals surface area contributed by atoms with Crippen LogP contribution in [0.1, 0.15) is 150 Å². The Kier molecular flexibility index (Phi) is 29.8. The van der Waals surface area contributed by atoms with Gasteiger partial charge in [0.2, 0.25) is 0 Å². The van der Waals surface area contributed by atoms with Crippen LogP contribution < -0.4 is 0 Å². The van der Waals surface area contributed by atoms with Crippen LogP contribution in [0.2, 0.25) is 0 Å². The van der Waals surface area contributed by atoms with Gasteiger partial charge in [0.25, 0.3) is 5.24 Å². The van der Waals surface area contributed by atoms with Crippen molar-refractivity contribution in [1.82, 2.24) is 9.80 Å². The monoisotopic (exact) mass is 665 g/mol. The molecule has 0 saturated heterocycles. The van der Waals surface area contributed by atoms with E-state index < -0.39 is 11.9 Å². The highest BCUT2D eigenvalue weighted by molar-refractivity contribution is 8.13. The second-order valence-corrected chi connectivity index (χ2v) is 13.2. The van der Waals surface area contributed by atoms with E-state index in [1.54, 1.807) is 18.0 Å². The molecule has 0 bridgehead atoms. The molecular formula is C37H67N3O5S. The molecule has 0 aromatic heterocycles. The van der Waals surface area contributed by atoms with Gasteiger partial charge in [-0.05, 0) is 58.1 Å². The normalized spacial score (nSPS) is 11.7. The largest absolute Gasteiger partial charge is 0.461 e. The number of allylic oxidation sites excluding steroid dienone is 1. The summed E-state index contributed by atoms with van der Waals surface area (Å²) in [5.74, 6) is -0.157. The van der Waals surface area contributed by atoms with Crippen molar-refractivity contribution in [3.8, 4) is 0 Å². The fourth-order valence-electron chi connectivity index (χ4n) is 5.05. The summed E-state index contributed by atoms with van der Waals surface area (Å²) in [5.41, 5.74) is 0. The van der Waals surface area contributed by atoms with Crippen molar-refractivity contribution in [2.75, 3.05) is 32.0 Å². The molecule has 0 fully saturated rings. The number of carbonyl (C=O) groups is 3. The first-order valence-corrected chi connectivity index (χ1v) is 19.1. The summed E-state index contributed by atoms with van der Waals surface area (Å²) in [5, 5.41) is 7.43. The zero-order valence-electron chi connectivity index (χ0n) is 29.8. The third kappa shape index (κ3) is 25.9. The fourth-order valence-corrected chi connectivity index (χ4v) is 5.81. The molecule has 9 heteroatoms. The average molecular weight is 666 g/mol. The van der Waals surface area contributed by atoms with Crippen molar-refractivity contribution in [2.45, 2.75) is 156 Å². The molecule has 1 unspecified atom stereocenters. The van der Waals surface area contributed by atoms with Crippen molar-refractivity contribution in [1.29, 1.82) is 5.41 Å². The van der Waals surface area contributed by atoms with Gasteiger partial charge in [-0.3, -0.25) is 19.8 Å². The smallest absolute Gasteiger partial charge is 0.326 e. The van der Waals surface area contributed by atoms with Crippen LogP contribution in [0.4, 0.5) is 4.79 Å². The lowest BCUT2D eigenvalue weighted by molar-refractivity contribution is -0.151. The van der Waals surface area contributed by atoms with Gasteiger partial charge in [0.05, 0.1) is 5.84 Å². The number of nitrogens with zero attached hydrogens (tertiary/aromatic N) is 2. The lowest BCUT2D eigenvalue weighted by Gasteiger charge is -2.23. The molecule has 0 aromatic carbocycles. The van der Waals surface area contributed by atoms with Gasteiger partial charge in [0.15, 0.2) is 0 Å². The Morgan fingerprint density at radius 1 is 0.761 bits per heavy atom. The van der Waals surface area contributed by atoms with E-state index in [1.165, 1.54) is 69.1 Å². The molecule has 0 aliphatic heterocycles. The van der Waals surface area contributed by atoms with E-state index in [9.17, 15) is 14.4 Å². The number of amides is 1. The van der Waals surface area contributed by atoms with E-state index in [0.717, 1.165) is 63.1 Å². The van der Waals surface area contributed by atoms with Gasteiger partial charge in [-0.2, -0.15) is 0 Å². The molecule has 46 heavy (non-hydrogen) atoms. The molecule has 0 saturated carbocycles. The standard InChI is InChI=1S/C37H67N3O5S/c1-6-10-13-16-18-21-24-29-44-35(41)31-40(37(43)46-30-25-28-39(9-4)33(5)38)32-36(42)45-34(26-22-19-15-12-8-3)27-23-20-17-14-11-7-2/h9,21,24,34,38H,4,6-8,10-20,22-23,25-32H2,1-3,5H3/b24-21-,38-33?. The Balaban J connectivity index is 5.20. The number of thioether (sulfide) groups is 1. The van der Waals surface area contributed by atoms with E-state index in [1.807, 2.05) is 12.2 Å². The lowest BCUT2D eigenvalue weighted by Crippen LogP contribution is -2.39. The Labute approximate surface area is 286 Å². The van der Waals surface area contributed by atoms with Crippen molar-refractivity contribution < 1.29 is 23.9 Å². The average Bonchev–Trinajstić information content (AvgIpc) is 3.03. The van der Waals surface area contributed by atoms with E-state index in [-0.39, 0.29) is 31.0 Å². The van der Waals surface area contributed by atoms with E-state index in [2.05, 4.69) is 27.4 Å². The lowest BCUT2D eigenvalue weighted by atomic mass is 10.0. The first kappa shape index (κ1) is 43.7. The van der Waals surface area contributed by atoms with Gasteiger partial charge < -0.3 is 19.3 Å². The highest BCUT2D eigenvalue weighted by atomic mass is 32.2. The molecule has 0 rings (SSSR count). The second kappa shape index (κ2) is 31.3. The first-order valence-electron chi connectivity index (χ1n) is 18.1. The summed E-state index contributed by atoms with van der Waals surface area (Å²) in [4.78, 5) is 42.0. The number of carbonyl (C=O) groups excluding carboxylic acids is 3. The molecule has 0 radical (unpaired) electrons. The molecule has 266 valence electrons. The maximum absolute atomic E-state index is 13.2. The molecule has 1 N–H and O–H groups in total. The van der Waals surface area contributed by atoms with Crippen LogP contribution in [-0.4, -0.2) is 70.9 Å². The molecule has 1 amide bonds.